The molecule has 0 saturated heterocycles. The van der Waals surface area contributed by atoms with Gasteiger partial charge in [-0.25, -0.2) is 0 Å². The fourth-order valence-electron chi connectivity index (χ4n) is 3.55. The third-order valence-corrected chi connectivity index (χ3v) is 4.70. The van der Waals surface area contributed by atoms with Gasteiger partial charge in [0, 0.05) is 6.61 Å². The number of hydrazine groups is 1. The Morgan fingerprint density at radius 2 is 2.00 bits per heavy atom. The molecule has 2 unspecified atom stereocenters. The maximum absolute atomic E-state index is 6.12. The first kappa shape index (κ1) is 16.5. The van der Waals surface area contributed by atoms with E-state index in [1.807, 2.05) is 0 Å². The molecule has 0 aliphatic heterocycles. The number of nitrogens with one attached hydrogen (secondary N) is 1. The predicted molar refractivity (Wildman–Crippen MR) is 87.9 cm³/mol. The van der Waals surface area contributed by atoms with Crippen LogP contribution in [-0.4, -0.2) is 12.7 Å². The quantitative estimate of drug-likeness (QED) is 0.594. The van der Waals surface area contributed by atoms with Crippen LogP contribution in [0, 0.1) is 5.92 Å². The number of hydrogen-bond acceptors (Lipinski definition) is 3. The van der Waals surface area contributed by atoms with Crippen LogP contribution in [0.2, 0.25) is 0 Å². The van der Waals surface area contributed by atoms with E-state index in [2.05, 4.69) is 43.5 Å². The minimum absolute atomic E-state index is 0.0829. The summed E-state index contributed by atoms with van der Waals surface area (Å²) in [6, 6.07) is 8.81. The van der Waals surface area contributed by atoms with Gasteiger partial charge in [0.25, 0.3) is 0 Å². The molecule has 1 aromatic carbocycles. The van der Waals surface area contributed by atoms with E-state index >= 15 is 0 Å². The smallest absolute Gasteiger partial charge is 0.0810 e. The Bertz CT molecular complexity index is 415. The van der Waals surface area contributed by atoms with E-state index in [0.29, 0.717) is 5.92 Å². The highest BCUT2D eigenvalue weighted by atomic mass is 16.5. The molecule has 1 saturated carbocycles. The van der Waals surface area contributed by atoms with Crippen LogP contribution in [0.5, 0.6) is 0 Å². The van der Waals surface area contributed by atoms with Gasteiger partial charge >= 0.3 is 0 Å². The Hall–Kier alpha value is -0.900. The van der Waals surface area contributed by atoms with Crippen molar-refractivity contribution in [2.75, 3.05) is 6.61 Å². The molecule has 0 radical (unpaired) electrons. The first-order chi connectivity index (χ1) is 10.3. The standard InChI is InChI=1S/C18H30N2O/c1-3-14-9-8-12-16(13-14)17(20-19)18(21-4-2)15-10-6-5-7-11-15/h8-9,12-13,15,17-18,20H,3-7,10-11,19H2,1-2H3. The summed E-state index contributed by atoms with van der Waals surface area (Å²) in [5.41, 5.74) is 5.63. The van der Waals surface area contributed by atoms with Gasteiger partial charge in [-0.15, -0.1) is 0 Å². The van der Waals surface area contributed by atoms with Gasteiger partial charge in [0.1, 0.15) is 0 Å². The third kappa shape index (κ3) is 4.29. The van der Waals surface area contributed by atoms with Gasteiger partial charge in [-0.2, -0.15) is 0 Å². The second-order valence-corrected chi connectivity index (χ2v) is 6.06. The molecular weight excluding hydrogens is 260 g/mol. The Balaban J connectivity index is 2.21. The van der Waals surface area contributed by atoms with Crippen molar-refractivity contribution in [2.24, 2.45) is 11.8 Å². The molecule has 0 amide bonds. The topological polar surface area (TPSA) is 47.3 Å². The van der Waals surface area contributed by atoms with Crippen molar-refractivity contribution in [1.29, 1.82) is 0 Å². The number of nitrogens with two attached hydrogens (primary N) is 1. The van der Waals surface area contributed by atoms with Crippen LogP contribution in [-0.2, 0) is 11.2 Å². The van der Waals surface area contributed by atoms with E-state index in [4.69, 9.17) is 10.6 Å². The molecule has 118 valence electrons. The lowest BCUT2D eigenvalue weighted by Crippen LogP contribution is -2.42. The SMILES string of the molecule is CCOC(C1CCCCC1)C(NN)c1cccc(CC)c1. The third-order valence-electron chi connectivity index (χ3n) is 4.70. The average molecular weight is 290 g/mol. The van der Waals surface area contributed by atoms with Crippen molar-refractivity contribution < 1.29 is 4.74 Å². The van der Waals surface area contributed by atoms with Crippen molar-refractivity contribution >= 4 is 0 Å². The van der Waals surface area contributed by atoms with Crippen molar-refractivity contribution in [2.45, 2.75) is 64.5 Å². The molecule has 3 N–H and O–H groups in total. The molecule has 0 heterocycles. The lowest BCUT2D eigenvalue weighted by atomic mass is 9.81. The van der Waals surface area contributed by atoms with Crippen molar-refractivity contribution in [1.82, 2.24) is 5.43 Å². The number of benzene rings is 1. The highest BCUT2D eigenvalue weighted by Crippen LogP contribution is 2.34. The van der Waals surface area contributed by atoms with Crippen LogP contribution in [0.25, 0.3) is 0 Å². The fraction of sp³-hybridized carbons (Fsp3) is 0.667. The van der Waals surface area contributed by atoms with Crippen LogP contribution in [0.3, 0.4) is 0 Å². The maximum atomic E-state index is 6.12. The molecule has 1 aliphatic rings. The number of hydrogen-bond donors (Lipinski definition) is 2. The molecular formula is C18H30N2O. The summed E-state index contributed by atoms with van der Waals surface area (Å²) in [5, 5.41) is 0. The average Bonchev–Trinajstić information content (AvgIpc) is 2.56. The Morgan fingerprint density at radius 1 is 1.24 bits per heavy atom. The first-order valence-electron chi connectivity index (χ1n) is 8.46. The van der Waals surface area contributed by atoms with Crippen LogP contribution < -0.4 is 11.3 Å². The van der Waals surface area contributed by atoms with E-state index in [0.717, 1.165) is 13.0 Å². The molecule has 21 heavy (non-hydrogen) atoms. The lowest BCUT2D eigenvalue weighted by Gasteiger charge is -2.35. The fourth-order valence-corrected chi connectivity index (χ4v) is 3.55. The minimum Gasteiger partial charge on any atom is -0.376 e. The summed E-state index contributed by atoms with van der Waals surface area (Å²) < 4.78 is 6.12. The molecule has 0 spiro atoms. The zero-order valence-corrected chi connectivity index (χ0v) is 13.5. The Labute approximate surface area is 129 Å². The monoisotopic (exact) mass is 290 g/mol. The van der Waals surface area contributed by atoms with Crippen molar-refractivity contribution in [3.05, 3.63) is 35.4 Å². The molecule has 3 nitrogen and oxygen atoms in total. The molecule has 1 aliphatic carbocycles. The molecule has 2 atom stereocenters. The van der Waals surface area contributed by atoms with Gasteiger partial charge in [0.2, 0.25) is 0 Å². The van der Waals surface area contributed by atoms with Crippen LogP contribution >= 0.6 is 0 Å². The summed E-state index contributed by atoms with van der Waals surface area (Å²) in [5.74, 6) is 6.52. The Morgan fingerprint density at radius 3 is 2.62 bits per heavy atom. The first-order valence-corrected chi connectivity index (χ1v) is 8.46. The lowest BCUT2D eigenvalue weighted by molar-refractivity contribution is -0.0184. The van der Waals surface area contributed by atoms with E-state index in [9.17, 15) is 0 Å². The molecule has 3 heteroatoms. The van der Waals surface area contributed by atoms with Gasteiger partial charge in [0.15, 0.2) is 0 Å². The summed E-state index contributed by atoms with van der Waals surface area (Å²) in [6.07, 6.45) is 7.75. The van der Waals surface area contributed by atoms with Gasteiger partial charge in [-0.3, -0.25) is 11.3 Å². The highest BCUT2D eigenvalue weighted by Gasteiger charge is 2.31. The van der Waals surface area contributed by atoms with Crippen LogP contribution in [0.4, 0.5) is 0 Å². The highest BCUT2D eigenvalue weighted by molar-refractivity contribution is 5.27. The van der Waals surface area contributed by atoms with Crippen molar-refractivity contribution in [3.8, 4) is 0 Å². The van der Waals surface area contributed by atoms with Gasteiger partial charge in [-0.05, 0) is 43.2 Å². The van der Waals surface area contributed by atoms with E-state index in [1.165, 1.54) is 43.2 Å². The van der Waals surface area contributed by atoms with Gasteiger partial charge in [0.05, 0.1) is 12.1 Å². The minimum atomic E-state index is 0.0829. The molecule has 1 fully saturated rings. The largest absolute Gasteiger partial charge is 0.376 e. The summed E-state index contributed by atoms with van der Waals surface area (Å²) in [4.78, 5) is 0. The van der Waals surface area contributed by atoms with Crippen LogP contribution in [0.1, 0.15) is 63.1 Å². The normalized spacial score (nSPS) is 19.4. The molecule has 1 aromatic rings. The Kier molecular flexibility index (Phi) is 6.68. The maximum Gasteiger partial charge on any atom is 0.0810 e. The molecule has 2 rings (SSSR count). The number of ether oxygens (including phenoxy) is 1. The number of aryl methyl sites for hydroxylation is 1. The number of rotatable bonds is 7. The zero-order chi connectivity index (χ0) is 15.1. The van der Waals surface area contributed by atoms with Gasteiger partial charge in [-0.1, -0.05) is 50.5 Å². The second-order valence-electron chi connectivity index (χ2n) is 6.06. The zero-order valence-electron chi connectivity index (χ0n) is 13.5. The summed E-state index contributed by atoms with van der Waals surface area (Å²) >= 11 is 0. The van der Waals surface area contributed by atoms with E-state index in [-0.39, 0.29) is 12.1 Å². The van der Waals surface area contributed by atoms with Crippen molar-refractivity contribution in [3.63, 3.8) is 0 Å². The molecule has 0 bridgehead atoms. The predicted octanol–water partition coefficient (Wildman–Crippen LogP) is 3.74. The van der Waals surface area contributed by atoms with E-state index < -0.39 is 0 Å². The second kappa shape index (κ2) is 8.52. The van der Waals surface area contributed by atoms with Gasteiger partial charge < -0.3 is 4.74 Å². The van der Waals surface area contributed by atoms with E-state index in [1.54, 1.807) is 0 Å². The molecule has 0 aromatic heterocycles. The summed E-state index contributed by atoms with van der Waals surface area (Å²) in [6.45, 7) is 5.00. The summed E-state index contributed by atoms with van der Waals surface area (Å²) in [7, 11) is 0. The van der Waals surface area contributed by atoms with Crippen LogP contribution in [0.15, 0.2) is 24.3 Å².